The molecule has 0 radical (unpaired) electrons. The van der Waals surface area contributed by atoms with Crippen molar-refractivity contribution in [2.24, 2.45) is 0 Å². The van der Waals surface area contributed by atoms with E-state index in [4.69, 9.17) is 0 Å². The first-order chi connectivity index (χ1) is 21.2. The number of para-hydroxylation sites is 1. The molecule has 1 saturated heterocycles. The molecule has 3 aromatic heterocycles. The zero-order chi connectivity index (χ0) is 28.5. The van der Waals surface area contributed by atoms with Gasteiger partial charge in [-0.2, -0.15) is 30.9 Å². The van der Waals surface area contributed by atoms with E-state index < -0.39 is 0 Å². The van der Waals surface area contributed by atoms with Gasteiger partial charge in [0.15, 0.2) is 0 Å². The average Bonchev–Trinajstić information content (AvgIpc) is 3.71. The standard InChI is InChI=1S/C22H12N3.C16H14N2.Ir/c1-2-5-15-11-19-16(10-14(15)4-1)7-8-18-17-6-3-9-24-21(17)20-12-23-13-25(20)22(18)19;1-17-10-16-14-8-3-2-6-12(14)13-7-4-5-9-15(13)18(16)11-17;/h1-11,13H;2-8,11,16H,10H2,1H3;/q-1;-2;+3. The minimum atomic E-state index is 0. The first-order valence-electron chi connectivity index (χ1n) is 14.5. The molecule has 1 unspecified atom stereocenters. The van der Waals surface area contributed by atoms with Gasteiger partial charge in [0.05, 0.1) is 0 Å². The maximum Gasteiger partial charge on any atom is 3.00 e. The normalized spacial score (nSPS) is 15.6. The molecule has 5 aromatic carbocycles. The summed E-state index contributed by atoms with van der Waals surface area (Å²) in [6.45, 7) is 3.23. The molecule has 8 aromatic rings. The second-order valence-electron chi connectivity index (χ2n) is 11.4. The first kappa shape index (κ1) is 27.0. The zero-order valence-corrected chi connectivity index (χ0v) is 26.3. The van der Waals surface area contributed by atoms with E-state index in [0.717, 1.165) is 28.5 Å². The Hall–Kier alpha value is -4.61. The largest absolute Gasteiger partial charge is 3.00 e. The van der Waals surface area contributed by atoms with Crippen LogP contribution in [0.5, 0.6) is 0 Å². The van der Waals surface area contributed by atoms with Crippen LogP contribution in [0, 0.1) is 18.9 Å². The molecule has 10 rings (SSSR count). The van der Waals surface area contributed by atoms with Crippen LogP contribution in [0.3, 0.4) is 0 Å². The van der Waals surface area contributed by atoms with E-state index in [1.807, 2.05) is 24.7 Å². The summed E-state index contributed by atoms with van der Waals surface area (Å²) in [5.74, 6) is 0. The van der Waals surface area contributed by atoms with Crippen molar-refractivity contribution in [1.82, 2.24) is 19.3 Å². The summed E-state index contributed by atoms with van der Waals surface area (Å²) in [5.41, 5.74) is 8.28. The molecule has 0 saturated carbocycles. The Morgan fingerprint density at radius 2 is 1.61 bits per heavy atom. The predicted molar refractivity (Wildman–Crippen MR) is 175 cm³/mol. The maximum absolute atomic E-state index is 4.57. The first-order valence-corrected chi connectivity index (χ1v) is 14.5. The van der Waals surface area contributed by atoms with Gasteiger partial charge in [0, 0.05) is 23.1 Å². The number of hydrogen-bond acceptors (Lipinski definition) is 4. The second kappa shape index (κ2) is 10.5. The average molecular weight is 745 g/mol. The number of fused-ring (bicyclic) bond motifs is 15. The van der Waals surface area contributed by atoms with E-state index in [2.05, 4.69) is 141 Å². The molecule has 0 bridgehead atoms. The van der Waals surface area contributed by atoms with Gasteiger partial charge >= 0.3 is 20.1 Å². The van der Waals surface area contributed by atoms with Gasteiger partial charge in [-0.3, -0.25) is 0 Å². The van der Waals surface area contributed by atoms with Crippen molar-refractivity contribution in [2.75, 3.05) is 18.5 Å². The van der Waals surface area contributed by atoms with Crippen molar-refractivity contribution in [1.29, 1.82) is 0 Å². The fourth-order valence-electron chi connectivity index (χ4n) is 6.94. The predicted octanol–water partition coefficient (Wildman–Crippen LogP) is 8.22. The summed E-state index contributed by atoms with van der Waals surface area (Å²) in [4.78, 5) is 13.4. The van der Waals surface area contributed by atoms with E-state index >= 15 is 0 Å². The third-order valence-electron chi connectivity index (χ3n) is 8.83. The molecule has 212 valence electrons. The summed E-state index contributed by atoms with van der Waals surface area (Å²) in [7, 11) is 2.13. The van der Waals surface area contributed by atoms with E-state index in [1.165, 1.54) is 49.3 Å². The van der Waals surface area contributed by atoms with Crippen molar-refractivity contribution in [2.45, 2.75) is 6.04 Å². The molecule has 2 aliphatic rings. The fraction of sp³-hybridized carbons (Fsp3) is 0.0789. The van der Waals surface area contributed by atoms with Gasteiger partial charge in [-0.15, -0.1) is 11.3 Å². The van der Waals surface area contributed by atoms with Gasteiger partial charge in [0.1, 0.15) is 0 Å². The molecular formula is C38H26IrN5. The maximum atomic E-state index is 4.57. The van der Waals surface area contributed by atoms with Gasteiger partial charge in [0.25, 0.3) is 0 Å². The van der Waals surface area contributed by atoms with Crippen LogP contribution in [-0.4, -0.2) is 32.9 Å². The van der Waals surface area contributed by atoms with Gasteiger partial charge in [-0.25, -0.2) is 0 Å². The van der Waals surface area contributed by atoms with Crippen LogP contribution in [0.1, 0.15) is 11.6 Å². The Bertz CT molecular complexity index is 2310. The van der Waals surface area contributed by atoms with Crippen molar-refractivity contribution in [3.05, 3.63) is 140 Å². The van der Waals surface area contributed by atoms with Crippen molar-refractivity contribution >= 4 is 54.6 Å². The molecule has 0 spiro atoms. The van der Waals surface area contributed by atoms with Crippen LogP contribution >= 0.6 is 0 Å². The molecule has 6 heteroatoms. The molecule has 44 heavy (non-hydrogen) atoms. The molecule has 1 fully saturated rings. The Kier molecular flexibility index (Phi) is 6.46. The van der Waals surface area contributed by atoms with E-state index in [-0.39, 0.29) is 20.1 Å². The number of anilines is 1. The third-order valence-corrected chi connectivity index (χ3v) is 8.83. The fourth-order valence-corrected chi connectivity index (χ4v) is 6.94. The quantitative estimate of drug-likeness (QED) is 0.0892. The molecule has 2 aliphatic heterocycles. The molecule has 0 aliphatic carbocycles. The number of nitrogens with zero attached hydrogens (tertiary/aromatic N) is 5. The van der Waals surface area contributed by atoms with Crippen molar-refractivity contribution < 1.29 is 20.1 Å². The van der Waals surface area contributed by atoms with Gasteiger partial charge < -0.3 is 24.2 Å². The smallest absolute Gasteiger partial charge is 0.521 e. The number of aromatic nitrogens is 3. The number of benzene rings is 5. The Labute approximate surface area is 268 Å². The summed E-state index contributed by atoms with van der Waals surface area (Å²) >= 11 is 0. The molecule has 5 heterocycles. The van der Waals surface area contributed by atoms with E-state index in [0.29, 0.717) is 6.04 Å². The van der Waals surface area contributed by atoms with Crippen LogP contribution in [0.25, 0.3) is 60.0 Å². The molecule has 5 nitrogen and oxygen atoms in total. The Morgan fingerprint density at radius 3 is 2.52 bits per heavy atom. The van der Waals surface area contributed by atoms with Crippen molar-refractivity contribution in [3.63, 3.8) is 0 Å². The second-order valence-corrected chi connectivity index (χ2v) is 11.4. The minimum absolute atomic E-state index is 0. The SMILES string of the molecule is CN1[CH-]N2c3[c-]cccc3-c3ccccc3C2C1.[Ir+3].[c-]1ncn2c1c1ncccc1c1ccc3cc4ccccc4cc3c12. The molecular weight excluding hydrogens is 719 g/mol. The topological polar surface area (TPSA) is 36.7 Å². The van der Waals surface area contributed by atoms with Crippen LogP contribution in [0.15, 0.2) is 116 Å². The molecule has 1 atom stereocenters. The third kappa shape index (κ3) is 4.06. The summed E-state index contributed by atoms with van der Waals surface area (Å²) in [6, 6.07) is 40.3. The number of pyridine rings is 2. The molecule has 0 amide bonds. The van der Waals surface area contributed by atoms with Gasteiger partial charge in [-0.1, -0.05) is 78.5 Å². The minimum Gasteiger partial charge on any atom is -0.521 e. The van der Waals surface area contributed by atoms with Gasteiger partial charge in [0.2, 0.25) is 0 Å². The monoisotopic (exact) mass is 745 g/mol. The number of rotatable bonds is 0. The zero-order valence-electron chi connectivity index (χ0n) is 23.9. The van der Waals surface area contributed by atoms with Crippen LogP contribution in [0.2, 0.25) is 0 Å². The summed E-state index contributed by atoms with van der Waals surface area (Å²) < 4.78 is 2.11. The van der Waals surface area contributed by atoms with Gasteiger partial charge in [-0.05, 0) is 81.6 Å². The number of likely N-dealkylation sites (N-methyl/N-ethyl adjacent to an activating group) is 1. The van der Waals surface area contributed by atoms with Crippen LogP contribution < -0.4 is 4.90 Å². The van der Waals surface area contributed by atoms with Crippen LogP contribution in [-0.2, 0) is 20.1 Å². The van der Waals surface area contributed by atoms with Crippen molar-refractivity contribution in [3.8, 4) is 11.1 Å². The van der Waals surface area contributed by atoms with Crippen LogP contribution in [0.4, 0.5) is 5.69 Å². The number of imidazole rings is 1. The number of hydrogen-bond donors (Lipinski definition) is 0. The van der Waals surface area contributed by atoms with E-state index in [1.54, 1.807) is 0 Å². The van der Waals surface area contributed by atoms with E-state index in [9.17, 15) is 0 Å². The Balaban J connectivity index is 0.000000135. The summed E-state index contributed by atoms with van der Waals surface area (Å²) in [6.07, 6.45) is 6.76. The molecule has 0 N–H and O–H groups in total. The summed E-state index contributed by atoms with van der Waals surface area (Å²) in [5, 5.41) is 7.26. The Morgan fingerprint density at radius 1 is 0.795 bits per heavy atom.